The molecule has 1 atom stereocenters. The van der Waals surface area contributed by atoms with Crippen LogP contribution in [0.1, 0.15) is 18.2 Å². The van der Waals surface area contributed by atoms with Gasteiger partial charge in [0.1, 0.15) is 0 Å². The van der Waals surface area contributed by atoms with E-state index in [1.54, 1.807) is 0 Å². The first kappa shape index (κ1) is 10.7. The molecule has 1 aromatic carbocycles. The van der Waals surface area contributed by atoms with Crippen molar-refractivity contribution in [3.05, 3.63) is 34.4 Å². The summed E-state index contributed by atoms with van der Waals surface area (Å²) in [4.78, 5) is 3.18. The van der Waals surface area contributed by atoms with Crippen molar-refractivity contribution in [2.24, 2.45) is 5.73 Å². The van der Waals surface area contributed by atoms with E-state index in [1.807, 2.05) is 24.3 Å². The average Bonchev–Trinajstić information content (AvgIpc) is 2.60. The molecule has 4 N–H and O–H groups in total. The maximum Gasteiger partial charge on any atom is 0.0950 e. The first-order valence-corrected chi connectivity index (χ1v) is 5.66. The Morgan fingerprint density at radius 2 is 2.20 bits per heavy atom. The molecule has 0 aliphatic carbocycles. The first-order valence-electron chi connectivity index (χ1n) is 4.87. The highest BCUT2D eigenvalue weighted by molar-refractivity contribution is 9.10. The number of nitrogens with two attached hydrogens (primary N) is 1. The summed E-state index contributed by atoms with van der Waals surface area (Å²) in [6.07, 6.45) is 0.0785. The molecule has 0 bridgehead atoms. The van der Waals surface area contributed by atoms with E-state index in [2.05, 4.69) is 20.9 Å². The zero-order valence-electron chi connectivity index (χ0n) is 8.20. The van der Waals surface area contributed by atoms with Crippen LogP contribution in [-0.2, 0) is 0 Å². The number of benzene rings is 1. The minimum atomic E-state index is -0.499. The summed E-state index contributed by atoms with van der Waals surface area (Å²) in [5.74, 6) is 0. The largest absolute Gasteiger partial charge is 0.387 e. The van der Waals surface area contributed by atoms with Gasteiger partial charge in [0, 0.05) is 21.1 Å². The van der Waals surface area contributed by atoms with Gasteiger partial charge < -0.3 is 15.8 Å². The number of aliphatic hydroxyl groups is 1. The molecule has 0 aliphatic rings. The molecule has 0 fully saturated rings. The molecule has 0 saturated carbocycles. The van der Waals surface area contributed by atoms with Crippen molar-refractivity contribution in [2.45, 2.75) is 12.5 Å². The van der Waals surface area contributed by atoms with E-state index in [-0.39, 0.29) is 0 Å². The summed E-state index contributed by atoms with van der Waals surface area (Å²) in [7, 11) is 0. The lowest BCUT2D eigenvalue weighted by molar-refractivity contribution is 0.166. The molecule has 2 aromatic rings. The predicted octanol–water partition coefficient (Wildman–Crippen LogP) is 2.31. The monoisotopic (exact) mass is 268 g/mol. The molecule has 0 spiro atoms. The highest BCUT2D eigenvalue weighted by atomic mass is 79.9. The van der Waals surface area contributed by atoms with Crippen LogP contribution < -0.4 is 5.73 Å². The summed E-state index contributed by atoms with van der Waals surface area (Å²) in [6.45, 7) is 0.486. The Labute approximate surface area is 96.4 Å². The van der Waals surface area contributed by atoms with Crippen molar-refractivity contribution in [3.8, 4) is 0 Å². The molecule has 80 valence electrons. The number of aliphatic hydroxyl groups excluding tert-OH is 1. The van der Waals surface area contributed by atoms with Gasteiger partial charge in [0.15, 0.2) is 0 Å². The van der Waals surface area contributed by atoms with Crippen molar-refractivity contribution < 1.29 is 5.11 Å². The van der Waals surface area contributed by atoms with Gasteiger partial charge in [-0.05, 0) is 37.2 Å². The highest BCUT2D eigenvalue weighted by Gasteiger charge is 2.09. The van der Waals surface area contributed by atoms with Gasteiger partial charge in [-0.15, -0.1) is 0 Å². The maximum absolute atomic E-state index is 9.77. The van der Waals surface area contributed by atoms with Crippen molar-refractivity contribution in [3.63, 3.8) is 0 Å². The number of hydrogen-bond acceptors (Lipinski definition) is 2. The van der Waals surface area contributed by atoms with Crippen LogP contribution in [0.3, 0.4) is 0 Å². The molecule has 2 rings (SSSR count). The normalized spacial score (nSPS) is 13.3. The third-order valence-electron chi connectivity index (χ3n) is 2.40. The third-order valence-corrected chi connectivity index (χ3v) is 2.90. The van der Waals surface area contributed by atoms with Gasteiger partial charge in [0.05, 0.1) is 6.10 Å². The van der Waals surface area contributed by atoms with Gasteiger partial charge in [-0.3, -0.25) is 0 Å². The van der Waals surface area contributed by atoms with Crippen LogP contribution in [0.25, 0.3) is 10.9 Å². The summed E-state index contributed by atoms with van der Waals surface area (Å²) in [5, 5.41) is 10.9. The van der Waals surface area contributed by atoms with E-state index in [9.17, 15) is 5.11 Å². The first-order chi connectivity index (χ1) is 7.20. The summed E-state index contributed by atoms with van der Waals surface area (Å²) >= 11 is 3.41. The van der Waals surface area contributed by atoms with Crippen LogP contribution >= 0.6 is 15.9 Å². The van der Waals surface area contributed by atoms with E-state index < -0.39 is 6.10 Å². The standard InChI is InChI=1S/C11H13BrN2O/c12-8-1-2-9-7(5-8)6-10(14-9)11(15)3-4-13/h1-2,5-6,11,14-15H,3-4,13H2/t11-/m1/s1. The zero-order chi connectivity index (χ0) is 10.8. The van der Waals surface area contributed by atoms with Crippen LogP contribution in [0.2, 0.25) is 0 Å². The minimum Gasteiger partial charge on any atom is -0.387 e. The number of aromatic nitrogens is 1. The molecule has 0 aliphatic heterocycles. The van der Waals surface area contributed by atoms with E-state index in [1.165, 1.54) is 0 Å². The Balaban J connectivity index is 2.38. The van der Waals surface area contributed by atoms with Gasteiger partial charge in [-0.2, -0.15) is 0 Å². The molecule has 0 radical (unpaired) electrons. The smallest absolute Gasteiger partial charge is 0.0950 e. The second kappa shape index (κ2) is 4.35. The molecule has 1 heterocycles. The van der Waals surface area contributed by atoms with Crippen LogP contribution in [0.15, 0.2) is 28.7 Å². The SMILES string of the molecule is NCC[C@@H](O)c1cc2cc(Br)ccc2[nH]1. The van der Waals surface area contributed by atoms with Crippen molar-refractivity contribution >= 4 is 26.8 Å². The van der Waals surface area contributed by atoms with Gasteiger partial charge in [0.25, 0.3) is 0 Å². The predicted molar refractivity (Wildman–Crippen MR) is 64.6 cm³/mol. The van der Waals surface area contributed by atoms with Crippen LogP contribution in [0.5, 0.6) is 0 Å². The van der Waals surface area contributed by atoms with Crippen molar-refractivity contribution in [2.75, 3.05) is 6.54 Å². The van der Waals surface area contributed by atoms with Crippen molar-refractivity contribution in [1.82, 2.24) is 4.98 Å². The van der Waals surface area contributed by atoms with Crippen LogP contribution in [0.4, 0.5) is 0 Å². The van der Waals surface area contributed by atoms with E-state index in [4.69, 9.17) is 5.73 Å². The number of rotatable bonds is 3. The Kier molecular flexibility index (Phi) is 3.09. The average molecular weight is 269 g/mol. The molecule has 3 nitrogen and oxygen atoms in total. The molecular formula is C11H13BrN2O. The van der Waals surface area contributed by atoms with Crippen molar-refractivity contribution in [1.29, 1.82) is 0 Å². The second-order valence-corrected chi connectivity index (χ2v) is 4.47. The Morgan fingerprint density at radius 3 is 2.93 bits per heavy atom. The Hall–Kier alpha value is -0.840. The molecule has 0 saturated heterocycles. The quantitative estimate of drug-likeness (QED) is 0.800. The fourth-order valence-corrected chi connectivity index (χ4v) is 2.00. The summed E-state index contributed by atoms with van der Waals surface area (Å²) in [6, 6.07) is 7.93. The van der Waals surface area contributed by atoms with Crippen LogP contribution in [0, 0.1) is 0 Å². The van der Waals surface area contributed by atoms with E-state index in [0.717, 1.165) is 21.1 Å². The van der Waals surface area contributed by atoms with Gasteiger partial charge in [-0.1, -0.05) is 15.9 Å². The lowest BCUT2D eigenvalue weighted by atomic mass is 10.2. The van der Waals surface area contributed by atoms with Crippen LogP contribution in [-0.4, -0.2) is 16.6 Å². The minimum absolute atomic E-state index is 0.486. The summed E-state index contributed by atoms with van der Waals surface area (Å²) in [5.41, 5.74) is 7.26. The van der Waals surface area contributed by atoms with Gasteiger partial charge in [0.2, 0.25) is 0 Å². The Bertz CT molecular complexity index is 467. The lowest BCUT2D eigenvalue weighted by Gasteiger charge is -2.05. The number of hydrogen-bond donors (Lipinski definition) is 3. The highest BCUT2D eigenvalue weighted by Crippen LogP contribution is 2.24. The number of fused-ring (bicyclic) bond motifs is 1. The number of nitrogens with one attached hydrogen (secondary N) is 1. The fraction of sp³-hybridized carbons (Fsp3) is 0.273. The second-order valence-electron chi connectivity index (χ2n) is 3.55. The van der Waals surface area contributed by atoms with Gasteiger partial charge in [-0.25, -0.2) is 0 Å². The summed E-state index contributed by atoms with van der Waals surface area (Å²) < 4.78 is 1.04. The fourth-order valence-electron chi connectivity index (χ4n) is 1.62. The number of aromatic amines is 1. The topological polar surface area (TPSA) is 62.0 Å². The third kappa shape index (κ3) is 2.22. The molecule has 0 unspecified atom stereocenters. The number of halogens is 1. The van der Waals surface area contributed by atoms with E-state index in [0.29, 0.717) is 13.0 Å². The molecule has 15 heavy (non-hydrogen) atoms. The zero-order valence-corrected chi connectivity index (χ0v) is 9.79. The maximum atomic E-state index is 9.77. The molecule has 4 heteroatoms. The number of H-pyrrole nitrogens is 1. The van der Waals surface area contributed by atoms with Gasteiger partial charge >= 0.3 is 0 Å². The van der Waals surface area contributed by atoms with E-state index >= 15 is 0 Å². The molecular weight excluding hydrogens is 256 g/mol. The Morgan fingerprint density at radius 1 is 1.40 bits per heavy atom. The molecule has 0 amide bonds. The molecule has 1 aromatic heterocycles. The lowest BCUT2D eigenvalue weighted by Crippen LogP contribution is -2.06.